The van der Waals surface area contributed by atoms with Crippen molar-refractivity contribution < 1.29 is 0 Å². The van der Waals surface area contributed by atoms with Gasteiger partial charge in [0.05, 0.1) is 15.6 Å². The van der Waals surface area contributed by atoms with Crippen molar-refractivity contribution in [1.82, 2.24) is 4.98 Å². The van der Waals surface area contributed by atoms with Crippen LogP contribution in [0.3, 0.4) is 0 Å². The zero-order chi connectivity index (χ0) is 9.42. The third-order valence-electron chi connectivity index (χ3n) is 1.81. The summed E-state index contributed by atoms with van der Waals surface area (Å²) in [5.41, 5.74) is 1.20. The molecule has 1 N–H and O–H groups in total. The first-order valence-corrected chi connectivity index (χ1v) is 4.35. The van der Waals surface area contributed by atoms with Gasteiger partial charge in [0.2, 0.25) is 0 Å². The third kappa shape index (κ3) is 1.57. The molecule has 0 aliphatic rings. The van der Waals surface area contributed by atoms with E-state index < -0.39 is 0 Å². The van der Waals surface area contributed by atoms with Gasteiger partial charge in [-0.25, -0.2) is 0 Å². The van der Waals surface area contributed by atoms with Crippen LogP contribution in [0.25, 0.3) is 10.9 Å². The van der Waals surface area contributed by atoms with Crippen LogP contribution in [0.2, 0.25) is 10.0 Å². The molecule has 0 fully saturated rings. The van der Waals surface area contributed by atoms with Gasteiger partial charge in [-0.1, -0.05) is 36.7 Å². The van der Waals surface area contributed by atoms with Crippen molar-refractivity contribution in [2.45, 2.75) is 7.43 Å². The van der Waals surface area contributed by atoms with Crippen molar-refractivity contribution in [2.75, 3.05) is 0 Å². The highest BCUT2D eigenvalue weighted by Crippen LogP contribution is 2.30. The molecule has 0 radical (unpaired) electrons. The van der Waals surface area contributed by atoms with Crippen LogP contribution in [-0.4, -0.2) is 4.98 Å². The van der Waals surface area contributed by atoms with E-state index in [-0.39, 0.29) is 7.43 Å². The molecular weight excluding hydrogens is 219 g/mol. The maximum Gasteiger partial charge on any atom is 0.118 e. The van der Waals surface area contributed by atoms with Crippen LogP contribution < -0.4 is 0 Å². The Morgan fingerprint density at radius 1 is 1.29 bits per heavy atom. The van der Waals surface area contributed by atoms with Gasteiger partial charge >= 0.3 is 0 Å². The second kappa shape index (κ2) is 3.91. The van der Waals surface area contributed by atoms with Gasteiger partial charge in [0.1, 0.15) is 11.8 Å². The fraction of sp³-hybridized carbons (Fsp3) is 0.100. The zero-order valence-electron chi connectivity index (χ0n) is 6.44. The molecule has 1 aromatic heterocycles. The van der Waals surface area contributed by atoms with Crippen molar-refractivity contribution in [3.05, 3.63) is 33.9 Å². The largest absolute Gasteiger partial charge is 0.345 e. The van der Waals surface area contributed by atoms with Gasteiger partial charge in [-0.05, 0) is 12.1 Å². The van der Waals surface area contributed by atoms with E-state index in [2.05, 4.69) is 4.98 Å². The lowest BCUT2D eigenvalue weighted by Gasteiger charge is -1.95. The molecule has 1 aromatic carbocycles. The predicted octanol–water partition coefficient (Wildman–Crippen LogP) is 3.98. The summed E-state index contributed by atoms with van der Waals surface area (Å²) in [6.45, 7) is 0. The zero-order valence-corrected chi connectivity index (χ0v) is 7.95. The molecule has 0 atom stereocenters. The van der Waals surface area contributed by atoms with Crippen molar-refractivity contribution in [2.24, 2.45) is 0 Å². The first-order chi connectivity index (χ1) is 6.22. The fourth-order valence-electron chi connectivity index (χ4n) is 1.20. The number of halogens is 2. The number of nitrogens with zero attached hydrogens (tertiary/aromatic N) is 1. The quantitative estimate of drug-likeness (QED) is 0.726. The van der Waals surface area contributed by atoms with Gasteiger partial charge in [-0.2, -0.15) is 5.26 Å². The van der Waals surface area contributed by atoms with Crippen molar-refractivity contribution >= 4 is 34.1 Å². The normalized spacial score (nSPS) is 9.50. The molecule has 0 aliphatic heterocycles. The number of aromatic nitrogens is 1. The Morgan fingerprint density at radius 2 is 2.00 bits per heavy atom. The number of benzene rings is 1. The molecule has 0 saturated carbocycles. The maximum absolute atomic E-state index is 8.64. The second-order valence-corrected chi connectivity index (χ2v) is 3.41. The molecule has 0 bridgehead atoms. The summed E-state index contributed by atoms with van der Waals surface area (Å²) in [6, 6.07) is 7.27. The van der Waals surface area contributed by atoms with E-state index in [1.54, 1.807) is 12.1 Å². The molecule has 2 rings (SSSR count). The van der Waals surface area contributed by atoms with Gasteiger partial charge < -0.3 is 4.98 Å². The SMILES string of the molecule is C.N#Cc1cc2ccc(Cl)c(Cl)c2[nH]1. The minimum atomic E-state index is 0. The lowest BCUT2D eigenvalue weighted by molar-refractivity contribution is 1.37. The van der Waals surface area contributed by atoms with Crippen molar-refractivity contribution in [3.63, 3.8) is 0 Å². The van der Waals surface area contributed by atoms with E-state index in [1.807, 2.05) is 12.1 Å². The molecule has 72 valence electrons. The molecular formula is C10H8Cl2N2. The smallest absolute Gasteiger partial charge is 0.118 e. The molecule has 0 amide bonds. The van der Waals surface area contributed by atoms with Crippen LogP contribution in [0, 0.1) is 11.3 Å². The summed E-state index contributed by atoms with van der Waals surface area (Å²) < 4.78 is 0. The Hall–Kier alpha value is -1.17. The molecule has 0 aliphatic carbocycles. The lowest BCUT2D eigenvalue weighted by Crippen LogP contribution is -1.73. The summed E-state index contributed by atoms with van der Waals surface area (Å²) >= 11 is 11.7. The monoisotopic (exact) mass is 226 g/mol. The summed E-state index contributed by atoms with van der Waals surface area (Å²) in [6.07, 6.45) is 0. The highest BCUT2D eigenvalue weighted by molar-refractivity contribution is 6.45. The van der Waals surface area contributed by atoms with Gasteiger partial charge in [0.15, 0.2) is 0 Å². The lowest BCUT2D eigenvalue weighted by atomic mass is 10.2. The number of nitriles is 1. The minimum absolute atomic E-state index is 0. The van der Waals surface area contributed by atoms with E-state index in [4.69, 9.17) is 28.5 Å². The second-order valence-electron chi connectivity index (χ2n) is 2.62. The Kier molecular flexibility index (Phi) is 3.05. The number of aromatic amines is 1. The summed E-state index contributed by atoms with van der Waals surface area (Å²) in [5.74, 6) is 0. The van der Waals surface area contributed by atoms with Gasteiger partial charge in [0.25, 0.3) is 0 Å². The Labute approximate surface area is 92.1 Å². The summed E-state index contributed by atoms with van der Waals surface area (Å²) in [5, 5.41) is 10.5. The molecule has 2 nitrogen and oxygen atoms in total. The molecule has 4 heteroatoms. The number of nitrogens with one attached hydrogen (secondary N) is 1. The predicted molar refractivity (Wildman–Crippen MR) is 59.8 cm³/mol. The van der Waals surface area contributed by atoms with Crippen LogP contribution >= 0.6 is 23.2 Å². The van der Waals surface area contributed by atoms with E-state index in [1.165, 1.54) is 0 Å². The molecule has 1 heterocycles. The standard InChI is InChI=1S/C9H4Cl2N2.CH4/c10-7-2-1-5-3-6(4-12)13-9(5)8(7)11;/h1-3,13H;1H4. The molecule has 14 heavy (non-hydrogen) atoms. The molecule has 0 unspecified atom stereocenters. The van der Waals surface area contributed by atoms with Gasteiger partial charge in [0, 0.05) is 5.39 Å². The van der Waals surface area contributed by atoms with Crippen molar-refractivity contribution in [3.8, 4) is 6.07 Å². The Balaban J connectivity index is 0.000000980. The fourth-order valence-corrected chi connectivity index (χ4v) is 1.58. The van der Waals surface area contributed by atoms with Crippen molar-refractivity contribution in [1.29, 1.82) is 5.26 Å². The average molecular weight is 227 g/mol. The number of hydrogen-bond acceptors (Lipinski definition) is 1. The summed E-state index contributed by atoms with van der Waals surface area (Å²) in [7, 11) is 0. The van der Waals surface area contributed by atoms with Crippen LogP contribution in [0.5, 0.6) is 0 Å². The van der Waals surface area contributed by atoms with E-state index in [0.717, 1.165) is 5.39 Å². The van der Waals surface area contributed by atoms with Crippen LogP contribution in [-0.2, 0) is 0 Å². The summed E-state index contributed by atoms with van der Waals surface area (Å²) in [4.78, 5) is 2.88. The van der Waals surface area contributed by atoms with E-state index in [0.29, 0.717) is 21.3 Å². The molecule has 0 spiro atoms. The van der Waals surface area contributed by atoms with Gasteiger partial charge in [-0.15, -0.1) is 0 Å². The Bertz CT molecular complexity index is 509. The topological polar surface area (TPSA) is 39.6 Å². The Morgan fingerprint density at radius 3 is 2.64 bits per heavy atom. The van der Waals surface area contributed by atoms with E-state index in [9.17, 15) is 0 Å². The number of hydrogen-bond donors (Lipinski definition) is 1. The molecule has 0 saturated heterocycles. The number of fused-ring (bicyclic) bond motifs is 1. The van der Waals surface area contributed by atoms with E-state index >= 15 is 0 Å². The first kappa shape index (κ1) is 10.9. The third-order valence-corrected chi connectivity index (χ3v) is 2.61. The number of H-pyrrole nitrogens is 1. The van der Waals surface area contributed by atoms with Crippen LogP contribution in [0.4, 0.5) is 0 Å². The highest BCUT2D eigenvalue weighted by Gasteiger charge is 2.06. The molecule has 2 aromatic rings. The van der Waals surface area contributed by atoms with Crippen LogP contribution in [0.1, 0.15) is 13.1 Å². The first-order valence-electron chi connectivity index (χ1n) is 3.59. The van der Waals surface area contributed by atoms with Crippen LogP contribution in [0.15, 0.2) is 18.2 Å². The minimum Gasteiger partial charge on any atom is -0.345 e. The highest BCUT2D eigenvalue weighted by atomic mass is 35.5. The average Bonchev–Trinajstić information content (AvgIpc) is 2.55. The van der Waals surface area contributed by atoms with Gasteiger partial charge in [-0.3, -0.25) is 0 Å². The maximum atomic E-state index is 8.64. The number of rotatable bonds is 0.